The summed E-state index contributed by atoms with van der Waals surface area (Å²) in [5.74, 6) is 0.527. The summed E-state index contributed by atoms with van der Waals surface area (Å²) in [6.07, 6.45) is -4.35. The Morgan fingerprint density at radius 3 is 2.57 bits per heavy atom. The average Bonchev–Trinajstić information content (AvgIpc) is 2.37. The lowest BCUT2D eigenvalue weighted by Crippen LogP contribution is -2.05. The van der Waals surface area contributed by atoms with E-state index in [9.17, 15) is 13.2 Å². The number of alkyl halides is 3. The van der Waals surface area contributed by atoms with Crippen LogP contribution in [0.25, 0.3) is 11.3 Å². The zero-order chi connectivity index (χ0) is 15.6. The second-order valence-electron chi connectivity index (χ2n) is 4.54. The van der Waals surface area contributed by atoms with Crippen molar-refractivity contribution in [3.05, 3.63) is 45.9 Å². The molecule has 1 aromatic carbocycles. The van der Waals surface area contributed by atoms with Gasteiger partial charge in [0.25, 0.3) is 0 Å². The first-order valence-corrected chi connectivity index (χ1v) is 6.49. The number of methoxy groups -OCH3 is 1. The van der Waals surface area contributed by atoms with Crippen LogP contribution in [0.2, 0.25) is 0 Å². The molecule has 3 nitrogen and oxygen atoms in total. The summed E-state index contributed by atoms with van der Waals surface area (Å²) in [7, 11) is 1.52. The van der Waals surface area contributed by atoms with Crippen LogP contribution in [0.5, 0.6) is 0 Å². The Morgan fingerprint density at radius 2 is 2.00 bits per heavy atom. The summed E-state index contributed by atoms with van der Waals surface area (Å²) in [5.41, 5.74) is 1.10. The Balaban J connectivity index is 2.50. The SMILES string of the molecule is COCc1nc(=S)cc(-c2ccc(C(F)(F)F)cc2C)[nH]1. The lowest BCUT2D eigenvalue weighted by molar-refractivity contribution is -0.137. The molecular formula is C14H13F3N2OS. The summed E-state index contributed by atoms with van der Waals surface area (Å²) in [4.78, 5) is 7.11. The van der Waals surface area contributed by atoms with Crippen LogP contribution in [0, 0.1) is 11.6 Å². The number of aromatic nitrogens is 2. The highest BCUT2D eigenvalue weighted by Gasteiger charge is 2.30. The van der Waals surface area contributed by atoms with Crippen LogP contribution in [-0.4, -0.2) is 17.1 Å². The monoisotopic (exact) mass is 314 g/mol. The number of aromatic amines is 1. The second-order valence-corrected chi connectivity index (χ2v) is 4.96. The number of nitrogens with zero attached hydrogens (tertiary/aromatic N) is 1. The average molecular weight is 314 g/mol. The number of halogens is 3. The number of H-pyrrole nitrogens is 1. The third kappa shape index (κ3) is 3.68. The summed E-state index contributed by atoms with van der Waals surface area (Å²) in [5, 5.41) is 0. The van der Waals surface area contributed by atoms with Gasteiger partial charge in [0, 0.05) is 12.7 Å². The second kappa shape index (κ2) is 5.95. The Kier molecular flexibility index (Phi) is 4.43. The molecular weight excluding hydrogens is 301 g/mol. The molecule has 0 radical (unpaired) electrons. The van der Waals surface area contributed by atoms with Gasteiger partial charge < -0.3 is 9.72 Å². The zero-order valence-electron chi connectivity index (χ0n) is 11.4. The van der Waals surface area contributed by atoms with E-state index in [2.05, 4.69) is 9.97 Å². The maximum Gasteiger partial charge on any atom is 0.416 e. The summed E-state index contributed by atoms with van der Waals surface area (Å²) in [6, 6.07) is 5.21. The van der Waals surface area contributed by atoms with Crippen LogP contribution in [0.4, 0.5) is 13.2 Å². The number of nitrogens with one attached hydrogen (secondary N) is 1. The molecule has 0 amide bonds. The molecule has 0 atom stereocenters. The van der Waals surface area contributed by atoms with Crippen molar-refractivity contribution in [2.24, 2.45) is 0 Å². The highest BCUT2D eigenvalue weighted by atomic mass is 32.1. The van der Waals surface area contributed by atoms with Gasteiger partial charge in [0.1, 0.15) is 17.1 Å². The molecule has 0 saturated heterocycles. The predicted octanol–water partition coefficient (Wildman–Crippen LogP) is 4.28. The predicted molar refractivity (Wildman–Crippen MR) is 75.3 cm³/mol. The fourth-order valence-corrected chi connectivity index (χ4v) is 2.23. The van der Waals surface area contributed by atoms with Gasteiger partial charge in [-0.05, 0) is 30.7 Å². The third-order valence-electron chi connectivity index (χ3n) is 2.92. The van der Waals surface area contributed by atoms with Gasteiger partial charge in [-0.3, -0.25) is 0 Å². The number of ether oxygens (including phenoxy) is 1. The van der Waals surface area contributed by atoms with Gasteiger partial charge in [-0.15, -0.1) is 0 Å². The normalized spacial score (nSPS) is 11.7. The minimum absolute atomic E-state index is 0.247. The molecule has 1 heterocycles. The molecule has 0 spiro atoms. The van der Waals surface area contributed by atoms with Crippen LogP contribution >= 0.6 is 12.2 Å². The Labute approximate surface area is 124 Å². The Bertz CT molecular complexity index is 710. The van der Waals surface area contributed by atoms with Crippen LogP contribution in [-0.2, 0) is 17.5 Å². The van der Waals surface area contributed by atoms with Gasteiger partial charge in [0.2, 0.25) is 0 Å². The molecule has 1 aromatic heterocycles. The van der Waals surface area contributed by atoms with Gasteiger partial charge in [0.15, 0.2) is 0 Å². The lowest BCUT2D eigenvalue weighted by atomic mass is 10.0. The van der Waals surface area contributed by atoms with E-state index < -0.39 is 11.7 Å². The van der Waals surface area contributed by atoms with Gasteiger partial charge in [0.05, 0.1) is 11.3 Å². The first-order valence-electron chi connectivity index (χ1n) is 6.08. The highest BCUT2D eigenvalue weighted by Crippen LogP contribution is 2.32. The standard InChI is InChI=1S/C14H13F3N2OS/c1-8-5-9(14(15,16)17)3-4-10(8)11-6-13(21)19-12(18-11)7-20-2/h3-6H,7H2,1-2H3,(H,18,19,21). The Hall–Kier alpha value is -1.73. The van der Waals surface area contributed by atoms with Gasteiger partial charge >= 0.3 is 6.18 Å². The summed E-state index contributed by atoms with van der Waals surface area (Å²) < 4.78 is 43.4. The first kappa shape index (κ1) is 15.7. The molecule has 0 bridgehead atoms. The summed E-state index contributed by atoms with van der Waals surface area (Å²) in [6.45, 7) is 1.87. The highest BCUT2D eigenvalue weighted by molar-refractivity contribution is 7.71. The van der Waals surface area contributed by atoms with E-state index in [1.54, 1.807) is 13.0 Å². The minimum Gasteiger partial charge on any atom is -0.377 e. The molecule has 1 N–H and O–H groups in total. The van der Waals surface area contributed by atoms with Crippen LogP contribution in [0.15, 0.2) is 24.3 Å². The quantitative estimate of drug-likeness (QED) is 0.859. The molecule has 112 valence electrons. The molecule has 0 aliphatic rings. The maximum absolute atomic E-state index is 12.7. The maximum atomic E-state index is 12.7. The molecule has 21 heavy (non-hydrogen) atoms. The minimum atomic E-state index is -4.35. The van der Waals surface area contributed by atoms with E-state index >= 15 is 0 Å². The smallest absolute Gasteiger partial charge is 0.377 e. The van der Waals surface area contributed by atoms with Crippen LogP contribution < -0.4 is 0 Å². The molecule has 2 rings (SSSR count). The molecule has 0 aliphatic heterocycles. The topological polar surface area (TPSA) is 37.9 Å². The van der Waals surface area contributed by atoms with Crippen molar-refractivity contribution in [2.75, 3.05) is 7.11 Å². The molecule has 0 saturated carbocycles. The molecule has 0 unspecified atom stereocenters. The fraction of sp³-hybridized carbons (Fsp3) is 0.286. The van der Waals surface area contributed by atoms with E-state index in [4.69, 9.17) is 17.0 Å². The number of hydrogen-bond donors (Lipinski definition) is 1. The molecule has 7 heteroatoms. The van der Waals surface area contributed by atoms with Crippen molar-refractivity contribution in [2.45, 2.75) is 19.7 Å². The van der Waals surface area contributed by atoms with E-state index in [0.29, 0.717) is 27.3 Å². The van der Waals surface area contributed by atoms with Gasteiger partial charge in [-0.25, -0.2) is 4.98 Å². The number of rotatable bonds is 3. The van der Waals surface area contributed by atoms with Crippen LogP contribution in [0.3, 0.4) is 0 Å². The van der Waals surface area contributed by atoms with E-state index in [1.807, 2.05) is 0 Å². The third-order valence-corrected chi connectivity index (χ3v) is 3.13. The van der Waals surface area contributed by atoms with Crippen molar-refractivity contribution in [3.8, 4) is 11.3 Å². The van der Waals surface area contributed by atoms with Crippen molar-refractivity contribution in [1.29, 1.82) is 0 Å². The number of benzene rings is 1. The lowest BCUT2D eigenvalue weighted by Gasteiger charge is -2.12. The van der Waals surface area contributed by atoms with E-state index in [-0.39, 0.29) is 6.61 Å². The van der Waals surface area contributed by atoms with Crippen molar-refractivity contribution < 1.29 is 17.9 Å². The van der Waals surface area contributed by atoms with Crippen molar-refractivity contribution >= 4 is 12.2 Å². The van der Waals surface area contributed by atoms with E-state index in [0.717, 1.165) is 12.1 Å². The molecule has 0 fully saturated rings. The van der Waals surface area contributed by atoms with Crippen molar-refractivity contribution in [3.63, 3.8) is 0 Å². The number of hydrogen-bond acceptors (Lipinski definition) is 3. The Morgan fingerprint density at radius 1 is 1.29 bits per heavy atom. The zero-order valence-corrected chi connectivity index (χ0v) is 12.2. The van der Waals surface area contributed by atoms with Gasteiger partial charge in [-0.1, -0.05) is 18.3 Å². The van der Waals surface area contributed by atoms with Crippen LogP contribution in [0.1, 0.15) is 17.0 Å². The van der Waals surface area contributed by atoms with Gasteiger partial charge in [-0.2, -0.15) is 13.2 Å². The first-order chi connectivity index (χ1) is 9.81. The number of aryl methyl sites for hydroxylation is 1. The fourth-order valence-electron chi connectivity index (χ4n) is 2.00. The molecule has 0 aliphatic carbocycles. The van der Waals surface area contributed by atoms with Crippen molar-refractivity contribution in [1.82, 2.24) is 9.97 Å². The van der Waals surface area contributed by atoms with E-state index in [1.165, 1.54) is 13.2 Å². The largest absolute Gasteiger partial charge is 0.416 e. The summed E-state index contributed by atoms with van der Waals surface area (Å²) >= 11 is 5.06. The molecule has 2 aromatic rings.